The highest BCUT2D eigenvalue weighted by Gasteiger charge is 2.14. The Morgan fingerprint density at radius 2 is 1.72 bits per heavy atom. The fourth-order valence-corrected chi connectivity index (χ4v) is 2.50. The van der Waals surface area contributed by atoms with Crippen molar-refractivity contribution >= 4 is 29.5 Å². The molecule has 3 aromatic rings. The SMILES string of the molecule is CN1Cc2cccnc2C1.Nc1ccc(N)c(N)n1.Nc1ccccc1OC=O. The van der Waals surface area contributed by atoms with Crippen LogP contribution in [0.1, 0.15) is 11.3 Å². The first-order valence-electron chi connectivity index (χ1n) is 8.74. The van der Waals surface area contributed by atoms with Gasteiger partial charge in [0.05, 0.1) is 17.1 Å². The van der Waals surface area contributed by atoms with Crippen molar-refractivity contribution in [3.8, 4) is 5.75 Å². The van der Waals surface area contributed by atoms with Gasteiger partial charge in [-0.3, -0.25) is 14.7 Å². The summed E-state index contributed by atoms with van der Waals surface area (Å²) in [5, 5.41) is 0. The molecule has 1 aromatic carbocycles. The zero-order valence-corrected chi connectivity index (χ0v) is 16.2. The van der Waals surface area contributed by atoms with Crippen molar-refractivity contribution in [3.63, 3.8) is 0 Å². The molecule has 0 fully saturated rings. The molecule has 0 saturated carbocycles. The lowest BCUT2D eigenvalue weighted by Gasteiger charge is -2.01. The highest BCUT2D eigenvalue weighted by atomic mass is 16.5. The Balaban J connectivity index is 0.000000156. The van der Waals surface area contributed by atoms with Crippen molar-refractivity contribution in [2.24, 2.45) is 0 Å². The van der Waals surface area contributed by atoms with E-state index in [0.717, 1.165) is 13.1 Å². The summed E-state index contributed by atoms with van der Waals surface area (Å²) in [6.07, 6.45) is 1.86. The molecule has 0 spiro atoms. The Hall–Kier alpha value is -3.85. The lowest BCUT2D eigenvalue weighted by Crippen LogP contribution is -2.07. The molecular weight excluding hydrogens is 370 g/mol. The number of nitrogen functional groups attached to an aromatic ring is 4. The number of carbonyl (C=O) groups excluding carboxylic acids is 1. The number of hydrogen-bond acceptors (Lipinski definition) is 9. The summed E-state index contributed by atoms with van der Waals surface area (Å²) in [7, 11) is 2.11. The number of hydrogen-bond donors (Lipinski definition) is 4. The Kier molecular flexibility index (Phi) is 7.75. The lowest BCUT2D eigenvalue weighted by molar-refractivity contribution is -0.120. The molecule has 0 aliphatic carbocycles. The number of fused-ring (bicyclic) bond motifs is 1. The molecule has 0 amide bonds. The van der Waals surface area contributed by atoms with Crippen molar-refractivity contribution in [1.29, 1.82) is 0 Å². The molecule has 152 valence electrons. The van der Waals surface area contributed by atoms with Crippen molar-refractivity contribution in [2.75, 3.05) is 30.0 Å². The van der Waals surface area contributed by atoms with Crippen LogP contribution in [0.3, 0.4) is 0 Å². The first-order valence-corrected chi connectivity index (χ1v) is 8.74. The number of rotatable bonds is 2. The van der Waals surface area contributed by atoms with Gasteiger partial charge in [-0.15, -0.1) is 0 Å². The highest BCUT2D eigenvalue weighted by Crippen LogP contribution is 2.18. The number of pyridine rings is 2. The van der Waals surface area contributed by atoms with E-state index in [4.69, 9.17) is 22.9 Å². The molecule has 0 bridgehead atoms. The van der Waals surface area contributed by atoms with Gasteiger partial charge < -0.3 is 27.7 Å². The minimum atomic E-state index is 0.287. The van der Waals surface area contributed by atoms with E-state index in [0.29, 0.717) is 29.4 Å². The lowest BCUT2D eigenvalue weighted by atomic mass is 10.2. The molecule has 3 heterocycles. The predicted octanol–water partition coefficient (Wildman–Crippen LogP) is 1.66. The number of nitrogens with two attached hydrogens (primary N) is 4. The second-order valence-corrected chi connectivity index (χ2v) is 6.24. The van der Waals surface area contributed by atoms with Gasteiger partial charge in [-0.2, -0.15) is 0 Å². The maximum absolute atomic E-state index is 9.85. The maximum atomic E-state index is 9.85. The molecular formula is C20H25N7O2. The third-order valence-electron chi connectivity index (χ3n) is 3.92. The fraction of sp³-hybridized carbons (Fsp3) is 0.150. The molecule has 9 heteroatoms. The van der Waals surface area contributed by atoms with Crippen molar-refractivity contribution in [1.82, 2.24) is 14.9 Å². The summed E-state index contributed by atoms with van der Waals surface area (Å²) in [5.74, 6) is 1.08. The molecule has 1 aliphatic heterocycles. The molecule has 8 N–H and O–H groups in total. The van der Waals surface area contributed by atoms with Crippen LogP contribution in [0.25, 0.3) is 0 Å². The van der Waals surface area contributed by atoms with Gasteiger partial charge in [0.2, 0.25) is 0 Å². The minimum absolute atomic E-state index is 0.287. The summed E-state index contributed by atoms with van der Waals surface area (Å²) in [6, 6.07) is 14.2. The molecule has 0 unspecified atom stereocenters. The minimum Gasteiger partial charge on any atom is -0.427 e. The van der Waals surface area contributed by atoms with Crippen LogP contribution in [0.4, 0.5) is 23.0 Å². The summed E-state index contributed by atoms with van der Waals surface area (Å²) in [4.78, 5) is 20.1. The highest BCUT2D eigenvalue weighted by molar-refractivity contribution is 5.60. The van der Waals surface area contributed by atoms with E-state index in [1.807, 2.05) is 12.3 Å². The Morgan fingerprint density at radius 1 is 0.966 bits per heavy atom. The zero-order chi connectivity index (χ0) is 21.2. The largest absolute Gasteiger partial charge is 0.427 e. The molecule has 9 nitrogen and oxygen atoms in total. The fourth-order valence-electron chi connectivity index (χ4n) is 2.50. The van der Waals surface area contributed by atoms with E-state index in [9.17, 15) is 4.79 Å². The second-order valence-electron chi connectivity index (χ2n) is 6.24. The first-order chi connectivity index (χ1) is 13.9. The van der Waals surface area contributed by atoms with E-state index < -0.39 is 0 Å². The number of nitrogens with zero attached hydrogens (tertiary/aromatic N) is 3. The van der Waals surface area contributed by atoms with Crippen LogP contribution in [0.15, 0.2) is 54.7 Å². The molecule has 2 aromatic heterocycles. The Labute approximate surface area is 169 Å². The van der Waals surface area contributed by atoms with Crippen LogP contribution >= 0.6 is 0 Å². The zero-order valence-electron chi connectivity index (χ0n) is 16.2. The van der Waals surface area contributed by atoms with Gasteiger partial charge in [0.1, 0.15) is 11.6 Å². The van der Waals surface area contributed by atoms with Crippen LogP contribution in [-0.2, 0) is 17.9 Å². The molecule has 0 saturated heterocycles. The molecule has 1 aliphatic rings. The van der Waals surface area contributed by atoms with Gasteiger partial charge in [-0.05, 0) is 42.9 Å². The van der Waals surface area contributed by atoms with Crippen LogP contribution in [0.2, 0.25) is 0 Å². The van der Waals surface area contributed by atoms with Gasteiger partial charge >= 0.3 is 0 Å². The van der Waals surface area contributed by atoms with Crippen molar-refractivity contribution < 1.29 is 9.53 Å². The van der Waals surface area contributed by atoms with E-state index in [1.165, 1.54) is 11.3 Å². The van der Waals surface area contributed by atoms with Crippen molar-refractivity contribution in [3.05, 3.63) is 66.0 Å². The van der Waals surface area contributed by atoms with Gasteiger partial charge in [0.25, 0.3) is 6.47 Å². The van der Waals surface area contributed by atoms with Crippen molar-refractivity contribution in [2.45, 2.75) is 13.1 Å². The summed E-state index contributed by atoms with van der Waals surface area (Å²) >= 11 is 0. The molecule has 0 radical (unpaired) electrons. The van der Waals surface area contributed by atoms with Crippen LogP contribution in [-0.4, -0.2) is 28.4 Å². The number of carbonyl (C=O) groups is 1. The van der Waals surface area contributed by atoms with Gasteiger partial charge in [-0.25, -0.2) is 4.98 Å². The third kappa shape index (κ3) is 6.67. The molecule has 0 atom stereocenters. The summed E-state index contributed by atoms with van der Waals surface area (Å²) in [5.41, 5.74) is 24.9. The van der Waals surface area contributed by atoms with E-state index in [-0.39, 0.29) is 5.82 Å². The standard InChI is InChI=1S/C8H10N2.C7H7NO2.C5H8N4/c1-10-5-7-3-2-4-9-8(7)6-10;8-6-3-1-2-4-7(6)10-5-9;6-3-1-2-4(7)9-5(3)8/h2-4H,5-6H2,1H3;1-5H,8H2;1-2H,6H2,(H4,7,8,9). The topological polar surface area (TPSA) is 159 Å². The second kappa shape index (κ2) is 10.5. The van der Waals surface area contributed by atoms with Crippen LogP contribution in [0.5, 0.6) is 5.75 Å². The summed E-state index contributed by atoms with van der Waals surface area (Å²) < 4.78 is 4.53. The normalized spacial score (nSPS) is 11.9. The number of benzene rings is 1. The number of aromatic nitrogens is 2. The average Bonchev–Trinajstić information content (AvgIpc) is 3.08. The molecule has 4 rings (SSSR count). The monoisotopic (exact) mass is 395 g/mol. The predicted molar refractivity (Wildman–Crippen MR) is 114 cm³/mol. The quantitative estimate of drug-likeness (QED) is 0.374. The first kappa shape index (κ1) is 21.5. The average molecular weight is 395 g/mol. The maximum Gasteiger partial charge on any atom is 0.298 e. The number of para-hydroxylation sites is 2. The third-order valence-corrected chi connectivity index (χ3v) is 3.92. The van der Waals surface area contributed by atoms with E-state index in [1.54, 1.807) is 36.4 Å². The summed E-state index contributed by atoms with van der Waals surface area (Å²) in [6.45, 7) is 2.42. The number of anilines is 4. The van der Waals surface area contributed by atoms with Crippen LogP contribution < -0.4 is 27.7 Å². The van der Waals surface area contributed by atoms with E-state index in [2.05, 4.69) is 32.7 Å². The Morgan fingerprint density at radius 3 is 2.34 bits per heavy atom. The van der Waals surface area contributed by atoms with Gasteiger partial charge in [-0.1, -0.05) is 18.2 Å². The van der Waals surface area contributed by atoms with Gasteiger partial charge in [0, 0.05) is 19.3 Å². The van der Waals surface area contributed by atoms with Gasteiger partial charge in [0.15, 0.2) is 5.75 Å². The van der Waals surface area contributed by atoms with Crippen LogP contribution in [0, 0.1) is 0 Å². The Bertz CT molecular complexity index is 925. The number of ether oxygens (including phenoxy) is 1. The van der Waals surface area contributed by atoms with E-state index >= 15 is 0 Å². The molecule has 29 heavy (non-hydrogen) atoms. The smallest absolute Gasteiger partial charge is 0.298 e.